The van der Waals surface area contributed by atoms with Crippen LogP contribution in [-0.2, 0) is 4.79 Å². The predicted molar refractivity (Wildman–Crippen MR) is 75.9 cm³/mol. The van der Waals surface area contributed by atoms with Crippen molar-refractivity contribution in [3.63, 3.8) is 0 Å². The van der Waals surface area contributed by atoms with Crippen LogP contribution in [0.25, 0.3) is 0 Å². The normalized spacial score (nSPS) is 22.7. The van der Waals surface area contributed by atoms with Gasteiger partial charge in [-0.1, -0.05) is 12.2 Å². The summed E-state index contributed by atoms with van der Waals surface area (Å²) in [7, 11) is 0. The van der Waals surface area contributed by atoms with Crippen LogP contribution in [0.5, 0.6) is 0 Å². The van der Waals surface area contributed by atoms with Gasteiger partial charge in [-0.2, -0.15) is 5.10 Å². The van der Waals surface area contributed by atoms with E-state index < -0.39 is 5.97 Å². The third kappa shape index (κ3) is 2.84. The van der Waals surface area contributed by atoms with E-state index in [1.807, 2.05) is 4.90 Å². The molecule has 0 aromatic carbocycles. The maximum absolute atomic E-state index is 12.5. The number of carboxylic acid groups (broad SMARTS) is 1. The highest BCUT2D eigenvalue weighted by Gasteiger charge is 2.30. The number of hydrogen-bond acceptors (Lipinski definition) is 3. The topological polar surface area (TPSA) is 75.4 Å². The summed E-state index contributed by atoms with van der Waals surface area (Å²) in [6.45, 7) is 1.41. The van der Waals surface area contributed by atoms with Crippen LogP contribution in [0.15, 0.2) is 24.5 Å². The molecule has 1 aromatic heterocycles. The fourth-order valence-electron chi connectivity index (χ4n) is 3.10. The van der Waals surface area contributed by atoms with E-state index in [9.17, 15) is 9.59 Å². The van der Waals surface area contributed by atoms with Crippen LogP contribution in [0.3, 0.4) is 0 Å². The molecule has 1 unspecified atom stereocenters. The van der Waals surface area contributed by atoms with Crippen LogP contribution in [0.2, 0.25) is 0 Å². The molecule has 6 heteroatoms. The number of rotatable bonds is 3. The van der Waals surface area contributed by atoms with E-state index in [2.05, 4.69) is 17.3 Å². The standard InChI is InChI=1S/C15H19N3O3/c19-14(11-4-1-2-5-11)17-7-3-6-13(10-17)18-9-12(8-16-18)15(20)21/h1-2,8-9,11,13H,3-7,10H2,(H,20,21). The lowest BCUT2D eigenvalue weighted by Gasteiger charge is -2.34. The Kier molecular flexibility index (Phi) is 3.77. The monoisotopic (exact) mass is 289 g/mol. The summed E-state index contributed by atoms with van der Waals surface area (Å²) < 4.78 is 1.69. The van der Waals surface area contributed by atoms with E-state index in [1.54, 1.807) is 10.9 Å². The van der Waals surface area contributed by atoms with Crippen LogP contribution in [-0.4, -0.2) is 44.8 Å². The first-order chi connectivity index (χ1) is 10.1. The maximum Gasteiger partial charge on any atom is 0.338 e. The molecule has 21 heavy (non-hydrogen) atoms. The van der Waals surface area contributed by atoms with Crippen LogP contribution in [0.4, 0.5) is 0 Å². The number of amides is 1. The lowest BCUT2D eigenvalue weighted by Crippen LogP contribution is -2.43. The van der Waals surface area contributed by atoms with E-state index in [0.29, 0.717) is 6.54 Å². The molecule has 1 amide bonds. The van der Waals surface area contributed by atoms with E-state index in [0.717, 1.165) is 32.2 Å². The summed E-state index contributed by atoms with van der Waals surface area (Å²) in [5, 5.41) is 13.1. The number of carbonyl (C=O) groups is 2. The number of likely N-dealkylation sites (tertiary alicyclic amines) is 1. The van der Waals surface area contributed by atoms with Gasteiger partial charge in [-0.3, -0.25) is 9.48 Å². The van der Waals surface area contributed by atoms with Crippen LogP contribution in [0, 0.1) is 5.92 Å². The highest BCUT2D eigenvalue weighted by Crippen LogP contribution is 2.26. The number of carbonyl (C=O) groups excluding carboxylic acids is 1. The van der Waals surface area contributed by atoms with Crippen LogP contribution >= 0.6 is 0 Å². The Hall–Kier alpha value is -2.11. The number of aromatic nitrogens is 2. The summed E-state index contributed by atoms with van der Waals surface area (Å²) >= 11 is 0. The van der Waals surface area contributed by atoms with Crippen molar-refractivity contribution in [2.45, 2.75) is 31.7 Å². The summed E-state index contributed by atoms with van der Waals surface area (Å²) in [4.78, 5) is 25.3. The van der Waals surface area contributed by atoms with Crippen molar-refractivity contribution in [3.8, 4) is 0 Å². The first-order valence-electron chi connectivity index (χ1n) is 7.36. The lowest BCUT2D eigenvalue weighted by molar-refractivity contribution is -0.136. The molecule has 112 valence electrons. The minimum atomic E-state index is -0.970. The minimum Gasteiger partial charge on any atom is -0.478 e. The molecule has 0 spiro atoms. The molecule has 1 N–H and O–H groups in total. The molecule has 6 nitrogen and oxygen atoms in total. The Bertz CT molecular complexity index is 570. The van der Waals surface area contributed by atoms with Gasteiger partial charge in [0.2, 0.25) is 5.91 Å². The number of carboxylic acids is 1. The number of nitrogens with zero attached hydrogens (tertiary/aromatic N) is 3. The van der Waals surface area contributed by atoms with Gasteiger partial charge in [0, 0.05) is 25.2 Å². The van der Waals surface area contributed by atoms with Crippen molar-refractivity contribution < 1.29 is 14.7 Å². The molecule has 1 aliphatic carbocycles. The molecule has 1 aromatic rings. The Labute approximate surface area is 123 Å². The molecule has 3 rings (SSSR count). The Morgan fingerprint density at radius 1 is 1.29 bits per heavy atom. The summed E-state index contributed by atoms with van der Waals surface area (Å²) in [6.07, 6.45) is 10.6. The second-order valence-electron chi connectivity index (χ2n) is 5.73. The van der Waals surface area contributed by atoms with E-state index in [4.69, 9.17) is 5.11 Å². The van der Waals surface area contributed by atoms with Gasteiger partial charge in [0.25, 0.3) is 0 Å². The average Bonchev–Trinajstić information content (AvgIpc) is 3.18. The van der Waals surface area contributed by atoms with Crippen molar-refractivity contribution in [2.75, 3.05) is 13.1 Å². The van der Waals surface area contributed by atoms with Crippen molar-refractivity contribution in [1.29, 1.82) is 0 Å². The number of piperidine rings is 1. The SMILES string of the molecule is O=C(O)c1cnn(C2CCCN(C(=O)C3CC=CC3)C2)c1. The van der Waals surface area contributed by atoms with Gasteiger partial charge in [-0.25, -0.2) is 4.79 Å². The smallest absolute Gasteiger partial charge is 0.338 e. The minimum absolute atomic E-state index is 0.0742. The fourth-order valence-corrected chi connectivity index (χ4v) is 3.10. The molecule has 1 fully saturated rings. The molecule has 2 aliphatic rings. The zero-order valence-electron chi connectivity index (χ0n) is 11.8. The van der Waals surface area contributed by atoms with Crippen molar-refractivity contribution in [3.05, 3.63) is 30.1 Å². The third-order valence-corrected chi connectivity index (χ3v) is 4.29. The predicted octanol–water partition coefficient (Wildman–Crippen LogP) is 1.71. The van der Waals surface area contributed by atoms with Gasteiger partial charge in [0.15, 0.2) is 0 Å². The highest BCUT2D eigenvalue weighted by molar-refractivity contribution is 5.86. The molecule has 0 saturated carbocycles. The average molecular weight is 289 g/mol. The molecule has 1 aliphatic heterocycles. The summed E-state index contributed by atoms with van der Waals surface area (Å²) in [6, 6.07) is 0.0742. The van der Waals surface area contributed by atoms with E-state index in [-0.39, 0.29) is 23.4 Å². The van der Waals surface area contributed by atoms with Gasteiger partial charge in [-0.05, 0) is 25.7 Å². The Morgan fingerprint density at radius 3 is 2.71 bits per heavy atom. The second kappa shape index (κ2) is 5.71. The van der Waals surface area contributed by atoms with Crippen LogP contribution in [0.1, 0.15) is 42.1 Å². The quantitative estimate of drug-likeness (QED) is 0.860. The van der Waals surface area contributed by atoms with Gasteiger partial charge in [0.1, 0.15) is 0 Å². The maximum atomic E-state index is 12.5. The van der Waals surface area contributed by atoms with Crippen LogP contribution < -0.4 is 0 Å². The van der Waals surface area contributed by atoms with Crippen molar-refractivity contribution >= 4 is 11.9 Å². The molecule has 1 atom stereocenters. The van der Waals surface area contributed by atoms with E-state index >= 15 is 0 Å². The first-order valence-corrected chi connectivity index (χ1v) is 7.36. The van der Waals surface area contributed by atoms with Gasteiger partial charge in [-0.15, -0.1) is 0 Å². The largest absolute Gasteiger partial charge is 0.478 e. The molecule has 2 heterocycles. The number of allylic oxidation sites excluding steroid dienone is 2. The molecule has 1 saturated heterocycles. The van der Waals surface area contributed by atoms with Gasteiger partial charge >= 0.3 is 5.97 Å². The van der Waals surface area contributed by atoms with Crippen molar-refractivity contribution in [1.82, 2.24) is 14.7 Å². The summed E-state index contributed by atoms with van der Waals surface area (Å²) in [5.74, 6) is -0.659. The molecule has 0 bridgehead atoms. The van der Waals surface area contributed by atoms with Gasteiger partial charge in [0.05, 0.1) is 17.8 Å². The molecule has 0 radical (unpaired) electrons. The summed E-state index contributed by atoms with van der Waals surface area (Å²) in [5.41, 5.74) is 0.193. The van der Waals surface area contributed by atoms with E-state index in [1.165, 1.54) is 6.20 Å². The molecular weight excluding hydrogens is 270 g/mol. The Balaban J connectivity index is 1.67. The second-order valence-corrected chi connectivity index (χ2v) is 5.73. The number of hydrogen-bond donors (Lipinski definition) is 1. The van der Waals surface area contributed by atoms with Crippen molar-refractivity contribution in [2.24, 2.45) is 5.92 Å². The Morgan fingerprint density at radius 2 is 2.05 bits per heavy atom. The fraction of sp³-hybridized carbons (Fsp3) is 0.533. The zero-order chi connectivity index (χ0) is 14.8. The van der Waals surface area contributed by atoms with Gasteiger partial charge < -0.3 is 10.0 Å². The number of aromatic carboxylic acids is 1. The molecular formula is C15H19N3O3. The third-order valence-electron chi connectivity index (χ3n) is 4.29. The highest BCUT2D eigenvalue weighted by atomic mass is 16.4. The lowest BCUT2D eigenvalue weighted by atomic mass is 10.0. The first kappa shape index (κ1) is 13.9. The zero-order valence-corrected chi connectivity index (χ0v) is 11.8.